The van der Waals surface area contributed by atoms with E-state index in [0.29, 0.717) is 12.8 Å². The molecule has 0 heterocycles. The number of nitriles is 1. The maximum absolute atomic E-state index is 12.1. The number of rotatable bonds is 6. The molecular formula is C15H19NO. The quantitative estimate of drug-likeness (QED) is 0.747. The van der Waals surface area contributed by atoms with Crippen molar-refractivity contribution in [2.45, 2.75) is 44.9 Å². The predicted molar refractivity (Wildman–Crippen MR) is 68.6 cm³/mol. The Morgan fingerprint density at radius 2 is 1.94 bits per heavy atom. The van der Waals surface area contributed by atoms with Gasteiger partial charge in [-0.15, -0.1) is 0 Å². The molecule has 0 saturated carbocycles. The summed E-state index contributed by atoms with van der Waals surface area (Å²) in [5, 5.41) is 8.77. The fourth-order valence-electron chi connectivity index (χ4n) is 2.42. The molecule has 0 amide bonds. The van der Waals surface area contributed by atoms with Crippen LogP contribution in [0.4, 0.5) is 0 Å². The minimum absolute atomic E-state index is 0.167. The first kappa shape index (κ1) is 13.4. The standard InChI is InChI=1S/C15H19NO/c1-3-10-15(13(2)17,11-7-12-16)14-8-5-4-6-9-14/h4-6,8-9H,3,7,10-11H2,1-2H3/t15-/m0/s1. The van der Waals surface area contributed by atoms with Crippen molar-refractivity contribution in [1.29, 1.82) is 5.26 Å². The van der Waals surface area contributed by atoms with Crippen LogP contribution >= 0.6 is 0 Å². The molecule has 1 aromatic rings. The van der Waals surface area contributed by atoms with E-state index >= 15 is 0 Å². The van der Waals surface area contributed by atoms with Gasteiger partial charge in [0.15, 0.2) is 0 Å². The van der Waals surface area contributed by atoms with E-state index in [4.69, 9.17) is 5.26 Å². The number of Topliss-reactive ketones (excluding diaryl/α,β-unsaturated/α-hetero) is 1. The van der Waals surface area contributed by atoms with Gasteiger partial charge in [0.2, 0.25) is 0 Å². The highest BCUT2D eigenvalue weighted by Gasteiger charge is 2.35. The van der Waals surface area contributed by atoms with Crippen LogP contribution in [0, 0.1) is 11.3 Å². The first-order chi connectivity index (χ1) is 8.17. The van der Waals surface area contributed by atoms with Crippen LogP contribution in [-0.4, -0.2) is 5.78 Å². The van der Waals surface area contributed by atoms with Gasteiger partial charge in [0.05, 0.1) is 11.5 Å². The Morgan fingerprint density at radius 3 is 2.41 bits per heavy atom. The molecule has 0 radical (unpaired) electrons. The Labute approximate surface area is 103 Å². The number of carbonyl (C=O) groups excluding carboxylic acids is 1. The second kappa shape index (κ2) is 6.20. The van der Waals surface area contributed by atoms with E-state index in [1.165, 1.54) is 0 Å². The fourth-order valence-corrected chi connectivity index (χ4v) is 2.42. The third-order valence-corrected chi connectivity index (χ3v) is 3.34. The van der Waals surface area contributed by atoms with Crippen molar-refractivity contribution in [3.8, 4) is 6.07 Å². The molecule has 0 fully saturated rings. The number of nitrogens with zero attached hydrogens (tertiary/aromatic N) is 1. The summed E-state index contributed by atoms with van der Waals surface area (Å²) in [5.41, 5.74) is 0.579. The lowest BCUT2D eigenvalue weighted by molar-refractivity contribution is -0.123. The predicted octanol–water partition coefficient (Wildman–Crippen LogP) is 3.62. The Balaban J connectivity index is 3.15. The largest absolute Gasteiger partial charge is 0.299 e. The van der Waals surface area contributed by atoms with Crippen LogP contribution in [-0.2, 0) is 10.2 Å². The second-order valence-corrected chi connectivity index (χ2v) is 4.41. The molecule has 0 N–H and O–H groups in total. The van der Waals surface area contributed by atoms with Gasteiger partial charge in [-0.1, -0.05) is 43.7 Å². The number of benzene rings is 1. The third kappa shape index (κ3) is 2.94. The maximum Gasteiger partial charge on any atom is 0.140 e. The molecule has 90 valence electrons. The third-order valence-electron chi connectivity index (χ3n) is 3.34. The first-order valence-corrected chi connectivity index (χ1v) is 6.11. The van der Waals surface area contributed by atoms with Crippen LogP contribution < -0.4 is 0 Å². The molecule has 1 aromatic carbocycles. The number of hydrogen-bond acceptors (Lipinski definition) is 2. The fraction of sp³-hybridized carbons (Fsp3) is 0.467. The smallest absolute Gasteiger partial charge is 0.140 e. The molecular weight excluding hydrogens is 210 g/mol. The molecule has 0 aromatic heterocycles. The molecule has 1 rings (SSSR count). The maximum atomic E-state index is 12.1. The van der Waals surface area contributed by atoms with E-state index in [1.54, 1.807) is 6.92 Å². The molecule has 17 heavy (non-hydrogen) atoms. The Bertz CT molecular complexity index is 405. The average molecular weight is 229 g/mol. The molecule has 0 saturated heterocycles. The van der Waals surface area contributed by atoms with Gasteiger partial charge in [-0.25, -0.2) is 0 Å². The van der Waals surface area contributed by atoms with Gasteiger partial charge in [-0.3, -0.25) is 4.79 Å². The molecule has 0 aliphatic carbocycles. The van der Waals surface area contributed by atoms with Crippen molar-refractivity contribution >= 4 is 5.78 Å². The zero-order valence-corrected chi connectivity index (χ0v) is 10.6. The Morgan fingerprint density at radius 1 is 1.29 bits per heavy atom. The van der Waals surface area contributed by atoms with Crippen LogP contribution in [0.5, 0.6) is 0 Å². The van der Waals surface area contributed by atoms with Crippen molar-refractivity contribution in [2.24, 2.45) is 0 Å². The average Bonchev–Trinajstić information content (AvgIpc) is 2.35. The van der Waals surface area contributed by atoms with Crippen LogP contribution in [0.2, 0.25) is 0 Å². The summed E-state index contributed by atoms with van der Waals surface area (Å²) in [6, 6.07) is 12.0. The lowest BCUT2D eigenvalue weighted by Gasteiger charge is -2.31. The van der Waals surface area contributed by atoms with E-state index < -0.39 is 5.41 Å². The highest BCUT2D eigenvalue weighted by atomic mass is 16.1. The summed E-state index contributed by atoms with van der Waals surface area (Å²) in [6.45, 7) is 3.72. The van der Waals surface area contributed by atoms with Crippen molar-refractivity contribution in [2.75, 3.05) is 0 Å². The first-order valence-electron chi connectivity index (χ1n) is 6.11. The minimum atomic E-state index is -0.467. The van der Waals surface area contributed by atoms with Crippen molar-refractivity contribution < 1.29 is 4.79 Å². The van der Waals surface area contributed by atoms with Gasteiger partial charge in [0.1, 0.15) is 5.78 Å². The van der Waals surface area contributed by atoms with E-state index in [9.17, 15) is 4.79 Å². The van der Waals surface area contributed by atoms with E-state index in [2.05, 4.69) is 13.0 Å². The van der Waals surface area contributed by atoms with Gasteiger partial charge in [0.25, 0.3) is 0 Å². The summed E-state index contributed by atoms with van der Waals surface area (Å²) in [4.78, 5) is 12.1. The number of hydrogen-bond donors (Lipinski definition) is 0. The van der Waals surface area contributed by atoms with Crippen molar-refractivity contribution in [3.63, 3.8) is 0 Å². The van der Waals surface area contributed by atoms with Crippen molar-refractivity contribution in [1.82, 2.24) is 0 Å². The Hall–Kier alpha value is -1.62. The monoisotopic (exact) mass is 229 g/mol. The number of ketones is 1. The molecule has 2 heteroatoms. The minimum Gasteiger partial charge on any atom is -0.299 e. The zero-order chi connectivity index (χ0) is 12.7. The molecule has 0 aliphatic heterocycles. The molecule has 0 unspecified atom stereocenters. The summed E-state index contributed by atoms with van der Waals surface area (Å²) in [7, 11) is 0. The van der Waals surface area contributed by atoms with Gasteiger partial charge in [-0.2, -0.15) is 5.26 Å². The summed E-state index contributed by atoms with van der Waals surface area (Å²) in [5.74, 6) is 0.167. The highest BCUT2D eigenvalue weighted by Crippen LogP contribution is 2.35. The van der Waals surface area contributed by atoms with E-state index in [0.717, 1.165) is 18.4 Å². The van der Waals surface area contributed by atoms with Gasteiger partial charge < -0.3 is 0 Å². The van der Waals surface area contributed by atoms with Gasteiger partial charge in [-0.05, 0) is 25.3 Å². The van der Waals surface area contributed by atoms with E-state index in [-0.39, 0.29) is 5.78 Å². The SMILES string of the molecule is CCC[C@](CCC#N)(C(C)=O)c1ccccc1. The number of carbonyl (C=O) groups is 1. The molecule has 0 spiro atoms. The zero-order valence-electron chi connectivity index (χ0n) is 10.6. The summed E-state index contributed by atoms with van der Waals surface area (Å²) >= 11 is 0. The van der Waals surface area contributed by atoms with Crippen LogP contribution in [0.3, 0.4) is 0 Å². The lowest BCUT2D eigenvalue weighted by Crippen LogP contribution is -2.34. The topological polar surface area (TPSA) is 40.9 Å². The van der Waals surface area contributed by atoms with Crippen LogP contribution in [0.1, 0.15) is 45.1 Å². The van der Waals surface area contributed by atoms with Gasteiger partial charge >= 0.3 is 0 Å². The second-order valence-electron chi connectivity index (χ2n) is 4.41. The van der Waals surface area contributed by atoms with Crippen LogP contribution in [0.25, 0.3) is 0 Å². The lowest BCUT2D eigenvalue weighted by atomic mass is 9.71. The van der Waals surface area contributed by atoms with Crippen molar-refractivity contribution in [3.05, 3.63) is 35.9 Å². The Kier molecular flexibility index (Phi) is 4.90. The normalized spacial score (nSPS) is 13.7. The molecule has 0 bridgehead atoms. The molecule has 2 nitrogen and oxygen atoms in total. The van der Waals surface area contributed by atoms with E-state index in [1.807, 2.05) is 30.3 Å². The van der Waals surface area contributed by atoms with Crippen LogP contribution in [0.15, 0.2) is 30.3 Å². The van der Waals surface area contributed by atoms with Gasteiger partial charge in [0, 0.05) is 6.42 Å². The highest BCUT2D eigenvalue weighted by molar-refractivity contribution is 5.88. The summed E-state index contributed by atoms with van der Waals surface area (Å²) < 4.78 is 0. The summed E-state index contributed by atoms with van der Waals surface area (Å²) in [6.07, 6.45) is 2.80. The molecule has 0 aliphatic rings. The molecule has 1 atom stereocenters.